The molecule has 9 heteroatoms. The third kappa shape index (κ3) is 4.04. The summed E-state index contributed by atoms with van der Waals surface area (Å²) in [5.41, 5.74) is 0.114. The van der Waals surface area contributed by atoms with Crippen LogP contribution in [0.5, 0.6) is 0 Å². The van der Waals surface area contributed by atoms with Crippen LogP contribution in [0.4, 0.5) is 0 Å². The molecule has 0 spiro atoms. The van der Waals surface area contributed by atoms with Gasteiger partial charge in [0.05, 0.1) is 18.3 Å². The van der Waals surface area contributed by atoms with Gasteiger partial charge in [-0.2, -0.15) is 0 Å². The molecule has 28 heavy (non-hydrogen) atoms. The molecule has 0 aliphatic rings. The lowest BCUT2D eigenvalue weighted by atomic mass is 10.2. The third-order valence-electron chi connectivity index (χ3n) is 3.88. The predicted octanol–water partition coefficient (Wildman–Crippen LogP) is 3.38. The van der Waals surface area contributed by atoms with Gasteiger partial charge in [-0.15, -0.1) is 11.3 Å². The van der Waals surface area contributed by atoms with Crippen molar-refractivity contribution in [1.82, 2.24) is 9.97 Å². The van der Waals surface area contributed by atoms with Gasteiger partial charge in [-0.1, -0.05) is 0 Å². The SMILES string of the molecule is CCOC(=O)c1sc2nc([C@H](C)OC(=O)/C=C/c3ccco3)[nH]c(=O)c2c1C. The molecule has 0 saturated heterocycles. The van der Waals surface area contributed by atoms with Crippen LogP contribution in [0.3, 0.4) is 0 Å². The highest BCUT2D eigenvalue weighted by atomic mass is 32.1. The maximum Gasteiger partial charge on any atom is 0.348 e. The largest absolute Gasteiger partial charge is 0.465 e. The molecule has 0 aromatic carbocycles. The lowest BCUT2D eigenvalue weighted by Gasteiger charge is -2.10. The average molecular weight is 402 g/mol. The van der Waals surface area contributed by atoms with Crippen LogP contribution >= 0.6 is 11.3 Å². The van der Waals surface area contributed by atoms with Crippen molar-refractivity contribution in [1.29, 1.82) is 0 Å². The zero-order chi connectivity index (χ0) is 20.3. The van der Waals surface area contributed by atoms with Crippen LogP contribution in [0.25, 0.3) is 16.3 Å². The van der Waals surface area contributed by atoms with Crippen molar-refractivity contribution in [2.24, 2.45) is 0 Å². The van der Waals surface area contributed by atoms with E-state index in [0.717, 1.165) is 11.3 Å². The Kier molecular flexibility index (Phi) is 5.74. The number of nitrogens with one attached hydrogen (secondary N) is 1. The van der Waals surface area contributed by atoms with Gasteiger partial charge in [-0.3, -0.25) is 4.79 Å². The zero-order valence-electron chi connectivity index (χ0n) is 15.5. The molecule has 1 N–H and O–H groups in total. The first-order chi connectivity index (χ1) is 13.4. The smallest absolute Gasteiger partial charge is 0.348 e. The third-order valence-corrected chi connectivity index (χ3v) is 5.05. The average Bonchev–Trinajstić information content (AvgIpc) is 3.28. The highest BCUT2D eigenvalue weighted by Gasteiger charge is 2.22. The molecule has 3 aromatic rings. The number of ether oxygens (including phenoxy) is 2. The first kappa shape index (κ1) is 19.6. The Morgan fingerprint density at radius 3 is 2.89 bits per heavy atom. The molecule has 0 saturated carbocycles. The Morgan fingerprint density at radius 2 is 2.21 bits per heavy atom. The Bertz CT molecular complexity index is 1090. The molecule has 0 aliphatic heterocycles. The van der Waals surface area contributed by atoms with E-state index in [1.165, 1.54) is 18.4 Å². The van der Waals surface area contributed by atoms with Gasteiger partial charge in [-0.25, -0.2) is 14.6 Å². The number of carbonyl (C=O) groups excluding carboxylic acids is 2. The summed E-state index contributed by atoms with van der Waals surface area (Å²) < 4.78 is 15.4. The number of hydrogen-bond acceptors (Lipinski definition) is 8. The minimum absolute atomic E-state index is 0.189. The highest BCUT2D eigenvalue weighted by molar-refractivity contribution is 7.20. The van der Waals surface area contributed by atoms with Crippen molar-refractivity contribution < 1.29 is 23.5 Å². The van der Waals surface area contributed by atoms with Crippen LogP contribution in [0.2, 0.25) is 0 Å². The van der Waals surface area contributed by atoms with E-state index >= 15 is 0 Å². The summed E-state index contributed by atoms with van der Waals surface area (Å²) in [5.74, 6) is -0.403. The van der Waals surface area contributed by atoms with Crippen LogP contribution in [-0.4, -0.2) is 28.5 Å². The summed E-state index contributed by atoms with van der Waals surface area (Å²) in [5, 5.41) is 0.327. The Labute approximate surface area is 163 Å². The Morgan fingerprint density at radius 1 is 1.43 bits per heavy atom. The van der Waals surface area contributed by atoms with Gasteiger partial charge in [0.25, 0.3) is 5.56 Å². The second kappa shape index (κ2) is 8.22. The van der Waals surface area contributed by atoms with Crippen molar-refractivity contribution in [3.05, 3.63) is 56.9 Å². The fourth-order valence-electron chi connectivity index (χ4n) is 2.55. The van der Waals surface area contributed by atoms with Gasteiger partial charge in [0.15, 0.2) is 11.9 Å². The number of aromatic nitrogens is 2. The fraction of sp³-hybridized carbons (Fsp3) is 0.263. The number of esters is 2. The molecule has 0 amide bonds. The number of fused-ring (bicyclic) bond motifs is 1. The number of aromatic amines is 1. The first-order valence-corrected chi connectivity index (χ1v) is 9.35. The zero-order valence-corrected chi connectivity index (χ0v) is 16.3. The molecular formula is C19H18N2O6S. The van der Waals surface area contributed by atoms with E-state index < -0.39 is 23.6 Å². The number of nitrogens with zero attached hydrogens (tertiary/aromatic N) is 1. The summed E-state index contributed by atoms with van der Waals surface area (Å²) in [6.45, 7) is 5.21. The van der Waals surface area contributed by atoms with E-state index in [9.17, 15) is 14.4 Å². The van der Waals surface area contributed by atoms with E-state index in [1.54, 1.807) is 32.9 Å². The standard InChI is InChI=1S/C19H18N2O6S/c1-4-25-19(24)15-10(2)14-17(23)20-16(21-18(14)28-15)11(3)27-13(22)8-7-12-6-5-9-26-12/h5-9,11H,4H2,1-3H3,(H,20,21,23)/b8-7+/t11-/m0/s1. The number of aryl methyl sites for hydroxylation is 1. The van der Waals surface area contributed by atoms with Gasteiger partial charge in [0.2, 0.25) is 0 Å². The van der Waals surface area contributed by atoms with Crippen LogP contribution in [-0.2, 0) is 14.3 Å². The Balaban J connectivity index is 1.83. The maximum atomic E-state index is 12.5. The van der Waals surface area contributed by atoms with Crippen LogP contribution in [0, 0.1) is 6.92 Å². The van der Waals surface area contributed by atoms with Crippen molar-refractivity contribution in [3.63, 3.8) is 0 Å². The topological polar surface area (TPSA) is 111 Å². The lowest BCUT2D eigenvalue weighted by molar-refractivity contribution is -0.142. The van der Waals surface area contributed by atoms with Gasteiger partial charge in [0, 0.05) is 6.08 Å². The summed E-state index contributed by atoms with van der Waals surface area (Å²) >= 11 is 1.07. The number of H-pyrrole nitrogens is 1. The summed E-state index contributed by atoms with van der Waals surface area (Å²) in [6.07, 6.45) is 3.40. The molecule has 3 rings (SSSR count). The van der Waals surface area contributed by atoms with E-state index in [1.807, 2.05) is 0 Å². The van der Waals surface area contributed by atoms with Crippen molar-refractivity contribution in [2.45, 2.75) is 26.9 Å². The fourth-order valence-corrected chi connectivity index (χ4v) is 3.63. The second-order valence-electron chi connectivity index (χ2n) is 5.84. The first-order valence-electron chi connectivity index (χ1n) is 8.53. The molecule has 0 aliphatic carbocycles. The van der Waals surface area contributed by atoms with Gasteiger partial charge in [-0.05, 0) is 44.5 Å². The number of rotatable bonds is 6. The number of hydrogen-bond donors (Lipinski definition) is 1. The van der Waals surface area contributed by atoms with E-state index in [4.69, 9.17) is 13.9 Å². The molecule has 3 heterocycles. The van der Waals surface area contributed by atoms with Crippen molar-refractivity contribution in [2.75, 3.05) is 6.61 Å². The van der Waals surface area contributed by atoms with Crippen LogP contribution < -0.4 is 5.56 Å². The molecule has 8 nitrogen and oxygen atoms in total. The minimum Gasteiger partial charge on any atom is -0.465 e. The minimum atomic E-state index is -0.792. The van der Waals surface area contributed by atoms with Gasteiger partial charge < -0.3 is 18.9 Å². The van der Waals surface area contributed by atoms with E-state index in [0.29, 0.717) is 26.4 Å². The van der Waals surface area contributed by atoms with Crippen molar-refractivity contribution >= 4 is 39.6 Å². The molecule has 0 bridgehead atoms. The molecule has 1 atom stereocenters. The van der Waals surface area contributed by atoms with Crippen LogP contribution in [0.15, 0.2) is 33.7 Å². The number of thiophene rings is 1. The molecule has 0 radical (unpaired) electrons. The van der Waals surface area contributed by atoms with Crippen molar-refractivity contribution in [3.8, 4) is 0 Å². The second-order valence-corrected chi connectivity index (χ2v) is 6.83. The number of furan rings is 1. The lowest BCUT2D eigenvalue weighted by Crippen LogP contribution is -2.16. The maximum absolute atomic E-state index is 12.5. The molecule has 0 fully saturated rings. The highest BCUT2D eigenvalue weighted by Crippen LogP contribution is 2.28. The molecular weight excluding hydrogens is 384 g/mol. The summed E-state index contributed by atoms with van der Waals surface area (Å²) in [6, 6.07) is 3.39. The summed E-state index contributed by atoms with van der Waals surface area (Å²) in [7, 11) is 0. The summed E-state index contributed by atoms with van der Waals surface area (Å²) in [4.78, 5) is 44.2. The predicted molar refractivity (Wildman–Crippen MR) is 103 cm³/mol. The van der Waals surface area contributed by atoms with Crippen LogP contribution in [0.1, 0.15) is 46.8 Å². The quantitative estimate of drug-likeness (QED) is 0.497. The Hall–Kier alpha value is -3.20. The van der Waals surface area contributed by atoms with E-state index in [-0.39, 0.29) is 12.4 Å². The van der Waals surface area contributed by atoms with Gasteiger partial charge >= 0.3 is 11.9 Å². The normalized spacial score (nSPS) is 12.4. The monoisotopic (exact) mass is 402 g/mol. The molecule has 0 unspecified atom stereocenters. The number of carbonyl (C=O) groups is 2. The van der Waals surface area contributed by atoms with E-state index in [2.05, 4.69) is 9.97 Å². The van der Waals surface area contributed by atoms with Gasteiger partial charge in [0.1, 0.15) is 15.5 Å². The molecule has 3 aromatic heterocycles. The molecule has 146 valence electrons.